The highest BCUT2D eigenvalue weighted by Gasteiger charge is 2.48. The second kappa shape index (κ2) is 5.75. The van der Waals surface area contributed by atoms with Crippen LogP contribution < -0.4 is 10.6 Å². The maximum Gasteiger partial charge on any atom is 0.320 e. The molecule has 4 heteroatoms. The first-order chi connectivity index (χ1) is 10.8. The first-order valence-electron chi connectivity index (χ1n) is 8.46. The van der Waals surface area contributed by atoms with Crippen LogP contribution in [-0.2, 0) is 4.65 Å². The molecule has 0 atom stereocenters. The topological polar surface area (TPSA) is 33.3 Å². The molecule has 1 fully saturated rings. The molecule has 2 N–H and O–H groups in total. The summed E-state index contributed by atoms with van der Waals surface area (Å²) in [6, 6.07) is 6.31. The van der Waals surface area contributed by atoms with Crippen LogP contribution in [0.15, 0.2) is 36.5 Å². The van der Waals surface area contributed by atoms with Gasteiger partial charge in [0.05, 0.1) is 17.0 Å². The van der Waals surface area contributed by atoms with E-state index in [4.69, 9.17) is 4.65 Å². The molecule has 0 amide bonds. The number of hydrogen-bond acceptors (Lipinski definition) is 3. The Balaban J connectivity index is 1.82. The molecular weight excluding hydrogens is 283 g/mol. The minimum absolute atomic E-state index is 0.0901. The van der Waals surface area contributed by atoms with Crippen LogP contribution in [0.2, 0.25) is 6.32 Å². The molecule has 0 radical (unpaired) electrons. The van der Waals surface area contributed by atoms with Gasteiger partial charge in [0.15, 0.2) is 0 Å². The van der Waals surface area contributed by atoms with Crippen LogP contribution in [0.1, 0.15) is 39.7 Å². The van der Waals surface area contributed by atoms with Crippen LogP contribution in [0.3, 0.4) is 0 Å². The van der Waals surface area contributed by atoms with Gasteiger partial charge in [0.1, 0.15) is 0 Å². The molecule has 0 saturated carbocycles. The first-order valence-corrected chi connectivity index (χ1v) is 8.46. The van der Waals surface area contributed by atoms with E-state index in [0.717, 1.165) is 36.4 Å². The Bertz CT molecular complexity index is 633. The average molecular weight is 310 g/mol. The lowest BCUT2D eigenvalue weighted by atomic mass is 9.58. The highest BCUT2D eigenvalue weighted by atomic mass is 16.5. The standard InChI is InChI=1S/C19H27BN2O/c1-14-10-12-21-17-15(7-6-8-16(17)22-14)9-11-20-13-18(2,3)19(4,5)23-20/h6-9,11,21-22H,1,10,12-13H2,2-5H3/b11-9+. The Morgan fingerprint density at radius 2 is 2.04 bits per heavy atom. The van der Waals surface area contributed by atoms with Gasteiger partial charge >= 0.3 is 6.92 Å². The smallest absolute Gasteiger partial charge is 0.320 e. The number of hydrogen-bond donors (Lipinski definition) is 2. The average Bonchev–Trinajstić information content (AvgIpc) is 2.60. The van der Waals surface area contributed by atoms with E-state index in [1.54, 1.807) is 0 Å². The molecule has 23 heavy (non-hydrogen) atoms. The van der Waals surface area contributed by atoms with E-state index in [1.165, 1.54) is 5.56 Å². The van der Waals surface area contributed by atoms with Crippen molar-refractivity contribution in [3.63, 3.8) is 0 Å². The Hall–Kier alpha value is -1.68. The molecule has 2 aliphatic heterocycles. The molecule has 0 bridgehead atoms. The summed E-state index contributed by atoms with van der Waals surface area (Å²) in [5, 5.41) is 6.91. The lowest BCUT2D eigenvalue weighted by Gasteiger charge is -2.34. The van der Waals surface area contributed by atoms with E-state index in [1.807, 2.05) is 0 Å². The van der Waals surface area contributed by atoms with Crippen molar-refractivity contribution in [2.75, 3.05) is 17.2 Å². The van der Waals surface area contributed by atoms with Gasteiger partial charge in [0.2, 0.25) is 0 Å². The second-order valence-corrected chi connectivity index (χ2v) is 7.79. The molecular formula is C19H27BN2O. The summed E-state index contributed by atoms with van der Waals surface area (Å²) >= 11 is 0. The van der Waals surface area contributed by atoms with Crippen molar-refractivity contribution in [2.24, 2.45) is 5.41 Å². The normalized spacial score (nSPS) is 22.4. The summed E-state index contributed by atoms with van der Waals surface area (Å²) in [7, 11) is 0. The molecule has 0 aliphatic carbocycles. The van der Waals surface area contributed by atoms with Crippen molar-refractivity contribution >= 4 is 24.4 Å². The molecule has 1 aromatic rings. The molecule has 3 rings (SSSR count). The van der Waals surface area contributed by atoms with Crippen LogP contribution >= 0.6 is 0 Å². The summed E-state index contributed by atoms with van der Waals surface area (Å²) < 4.78 is 6.23. The Morgan fingerprint density at radius 1 is 1.26 bits per heavy atom. The van der Waals surface area contributed by atoms with Crippen molar-refractivity contribution in [1.82, 2.24) is 0 Å². The fourth-order valence-electron chi connectivity index (χ4n) is 3.25. The van der Waals surface area contributed by atoms with Crippen LogP contribution in [-0.4, -0.2) is 19.1 Å². The van der Waals surface area contributed by atoms with Gasteiger partial charge in [-0.25, -0.2) is 0 Å². The van der Waals surface area contributed by atoms with Gasteiger partial charge in [-0.05, 0) is 37.2 Å². The van der Waals surface area contributed by atoms with Crippen molar-refractivity contribution in [1.29, 1.82) is 0 Å². The minimum atomic E-state index is -0.0901. The summed E-state index contributed by atoms with van der Waals surface area (Å²) in [5.74, 6) is 2.20. The maximum atomic E-state index is 6.23. The molecule has 122 valence electrons. The molecule has 0 spiro atoms. The van der Waals surface area contributed by atoms with E-state index in [2.05, 4.69) is 75.2 Å². The van der Waals surface area contributed by atoms with Crippen molar-refractivity contribution in [2.45, 2.75) is 46.0 Å². The molecule has 1 aromatic carbocycles. The van der Waals surface area contributed by atoms with Gasteiger partial charge in [0.25, 0.3) is 0 Å². The van der Waals surface area contributed by atoms with Crippen LogP contribution in [0.25, 0.3) is 6.08 Å². The summed E-state index contributed by atoms with van der Waals surface area (Å²) in [6.45, 7) is 14.1. The third-order valence-electron chi connectivity index (χ3n) is 5.41. The second-order valence-electron chi connectivity index (χ2n) is 7.79. The lowest BCUT2D eigenvalue weighted by molar-refractivity contribution is 0.0374. The van der Waals surface area contributed by atoms with Crippen molar-refractivity contribution in [3.05, 3.63) is 42.0 Å². The molecule has 3 nitrogen and oxygen atoms in total. The monoisotopic (exact) mass is 310 g/mol. The fourth-order valence-corrected chi connectivity index (χ4v) is 3.25. The number of benzene rings is 1. The maximum absolute atomic E-state index is 6.23. The van der Waals surface area contributed by atoms with E-state index < -0.39 is 0 Å². The predicted molar refractivity (Wildman–Crippen MR) is 101 cm³/mol. The highest BCUT2D eigenvalue weighted by Crippen LogP contribution is 2.45. The van der Waals surface area contributed by atoms with Gasteiger partial charge in [-0.2, -0.15) is 0 Å². The fraction of sp³-hybridized carbons (Fsp3) is 0.474. The SMILES string of the molecule is C=C1CCNc2c(/C=C/B3CC(C)(C)C(C)(C)O3)cccc2N1. The summed E-state index contributed by atoms with van der Waals surface area (Å²) in [4.78, 5) is 0. The molecule has 2 aliphatic rings. The van der Waals surface area contributed by atoms with E-state index in [-0.39, 0.29) is 17.9 Å². The lowest BCUT2D eigenvalue weighted by Crippen LogP contribution is -2.34. The Morgan fingerprint density at radius 3 is 2.74 bits per heavy atom. The van der Waals surface area contributed by atoms with Crippen molar-refractivity contribution in [3.8, 4) is 0 Å². The molecule has 2 heterocycles. The largest absolute Gasteiger partial charge is 0.426 e. The van der Waals surface area contributed by atoms with Gasteiger partial charge in [-0.1, -0.05) is 44.6 Å². The molecule has 0 aromatic heterocycles. The van der Waals surface area contributed by atoms with Crippen LogP contribution in [0.4, 0.5) is 11.4 Å². The Labute approximate surface area is 140 Å². The zero-order valence-corrected chi connectivity index (χ0v) is 14.7. The van der Waals surface area contributed by atoms with Gasteiger partial charge in [-0.3, -0.25) is 0 Å². The van der Waals surface area contributed by atoms with Gasteiger partial charge < -0.3 is 15.3 Å². The Kier molecular flexibility index (Phi) is 4.05. The first kappa shape index (κ1) is 16.2. The quantitative estimate of drug-likeness (QED) is 0.769. The zero-order chi connectivity index (χ0) is 16.7. The third-order valence-corrected chi connectivity index (χ3v) is 5.41. The minimum Gasteiger partial charge on any atom is -0.426 e. The summed E-state index contributed by atoms with van der Waals surface area (Å²) in [5.41, 5.74) is 4.60. The molecule has 1 saturated heterocycles. The van der Waals surface area contributed by atoms with Crippen LogP contribution in [0, 0.1) is 5.41 Å². The predicted octanol–water partition coefficient (Wildman–Crippen LogP) is 4.81. The number of nitrogens with one attached hydrogen (secondary N) is 2. The number of fused-ring (bicyclic) bond motifs is 1. The number of anilines is 2. The van der Waals surface area contributed by atoms with E-state index in [9.17, 15) is 0 Å². The van der Waals surface area contributed by atoms with Gasteiger partial charge in [0, 0.05) is 18.7 Å². The van der Waals surface area contributed by atoms with Crippen LogP contribution in [0.5, 0.6) is 0 Å². The van der Waals surface area contributed by atoms with Crippen molar-refractivity contribution < 1.29 is 4.65 Å². The summed E-state index contributed by atoms with van der Waals surface area (Å²) in [6.07, 6.45) is 4.17. The number of rotatable bonds is 2. The van der Waals surface area contributed by atoms with E-state index >= 15 is 0 Å². The highest BCUT2D eigenvalue weighted by molar-refractivity contribution is 6.59. The van der Waals surface area contributed by atoms with Gasteiger partial charge in [-0.15, -0.1) is 0 Å². The zero-order valence-electron chi connectivity index (χ0n) is 14.7. The number of para-hydroxylation sites is 1. The van der Waals surface area contributed by atoms with E-state index in [0.29, 0.717) is 0 Å². The third kappa shape index (κ3) is 3.18. The molecule has 0 unspecified atom stereocenters.